The Morgan fingerprint density at radius 3 is 2.79 bits per heavy atom. The Morgan fingerprint density at radius 2 is 2.16 bits per heavy atom. The molecule has 6 nitrogen and oxygen atoms in total. The third-order valence-electron chi connectivity index (χ3n) is 3.75. The molecular formula is C13H22N4O2. The Hall–Kier alpha value is -1.24. The van der Waals surface area contributed by atoms with Crippen LogP contribution < -0.4 is 10.6 Å². The third kappa shape index (κ3) is 2.70. The number of aromatic nitrogens is 2. The largest absolute Gasteiger partial charge is 0.394 e. The maximum atomic E-state index is 9.25. The second kappa shape index (κ2) is 5.81. The highest BCUT2D eigenvalue weighted by Gasteiger charge is 2.29. The monoisotopic (exact) mass is 266 g/mol. The van der Waals surface area contributed by atoms with Crippen LogP contribution in [0, 0.1) is 13.8 Å². The highest BCUT2D eigenvalue weighted by molar-refractivity contribution is 5.51. The van der Waals surface area contributed by atoms with Crippen molar-refractivity contribution in [2.45, 2.75) is 39.5 Å². The first-order chi connectivity index (χ1) is 9.08. The van der Waals surface area contributed by atoms with Crippen LogP contribution >= 0.6 is 0 Å². The van der Waals surface area contributed by atoms with Crippen molar-refractivity contribution in [3.63, 3.8) is 0 Å². The fourth-order valence-electron chi connectivity index (χ4n) is 2.34. The standard InChI is InChI=1S/C13H22N4O2/c1-8-7-19-11(6-18)5-17(8)13-12(4-14)9(2)10(3)15-16-13/h8,11,18H,4-7,14H2,1-3H3. The maximum absolute atomic E-state index is 9.25. The molecule has 0 spiro atoms. The van der Waals surface area contributed by atoms with Crippen molar-refractivity contribution < 1.29 is 9.84 Å². The number of nitrogens with two attached hydrogens (primary N) is 1. The quantitative estimate of drug-likeness (QED) is 0.809. The molecule has 1 aromatic heterocycles. The van der Waals surface area contributed by atoms with Crippen LogP contribution in [0.2, 0.25) is 0 Å². The summed E-state index contributed by atoms with van der Waals surface area (Å²) in [7, 11) is 0. The van der Waals surface area contributed by atoms with E-state index in [1.165, 1.54) is 0 Å². The maximum Gasteiger partial charge on any atom is 0.156 e. The van der Waals surface area contributed by atoms with E-state index in [1.807, 2.05) is 13.8 Å². The molecule has 6 heteroatoms. The van der Waals surface area contributed by atoms with Crippen LogP contribution in [0.15, 0.2) is 0 Å². The van der Waals surface area contributed by atoms with E-state index in [9.17, 15) is 5.11 Å². The number of aliphatic hydroxyl groups is 1. The minimum absolute atomic E-state index is 0.0133. The normalized spacial score (nSPS) is 23.7. The van der Waals surface area contributed by atoms with Gasteiger partial charge in [-0.25, -0.2) is 0 Å². The van der Waals surface area contributed by atoms with Gasteiger partial charge in [0, 0.05) is 18.7 Å². The molecule has 1 aliphatic rings. The summed E-state index contributed by atoms with van der Waals surface area (Å²) >= 11 is 0. The molecule has 3 N–H and O–H groups in total. The van der Waals surface area contributed by atoms with Gasteiger partial charge in [0.25, 0.3) is 0 Å². The molecule has 1 aromatic rings. The summed E-state index contributed by atoms with van der Waals surface area (Å²) < 4.78 is 5.55. The third-order valence-corrected chi connectivity index (χ3v) is 3.75. The molecule has 1 fully saturated rings. The number of aliphatic hydroxyl groups excluding tert-OH is 1. The Balaban J connectivity index is 2.37. The van der Waals surface area contributed by atoms with Gasteiger partial charge in [0.05, 0.1) is 31.1 Å². The van der Waals surface area contributed by atoms with Crippen molar-refractivity contribution in [1.82, 2.24) is 10.2 Å². The molecule has 0 amide bonds. The number of morpholine rings is 1. The first kappa shape index (κ1) is 14.2. The van der Waals surface area contributed by atoms with E-state index in [0.717, 1.165) is 22.6 Å². The van der Waals surface area contributed by atoms with Crippen LogP contribution in [0.25, 0.3) is 0 Å². The molecule has 0 aliphatic carbocycles. The molecule has 1 saturated heterocycles. The van der Waals surface area contributed by atoms with Crippen LogP contribution in [0.3, 0.4) is 0 Å². The summed E-state index contributed by atoms with van der Waals surface area (Å²) in [5.41, 5.74) is 8.89. The van der Waals surface area contributed by atoms with Crippen molar-refractivity contribution >= 4 is 5.82 Å². The van der Waals surface area contributed by atoms with Crippen molar-refractivity contribution in [1.29, 1.82) is 0 Å². The minimum atomic E-state index is -0.176. The van der Waals surface area contributed by atoms with Gasteiger partial charge < -0.3 is 20.5 Å². The highest BCUT2D eigenvalue weighted by Crippen LogP contribution is 2.26. The van der Waals surface area contributed by atoms with E-state index in [-0.39, 0.29) is 18.8 Å². The zero-order valence-electron chi connectivity index (χ0n) is 11.8. The lowest BCUT2D eigenvalue weighted by Gasteiger charge is -2.39. The lowest BCUT2D eigenvalue weighted by Crippen LogP contribution is -2.50. The average molecular weight is 266 g/mol. The van der Waals surface area contributed by atoms with E-state index in [1.54, 1.807) is 0 Å². The van der Waals surface area contributed by atoms with Crippen molar-refractivity contribution in [2.75, 3.05) is 24.7 Å². The Morgan fingerprint density at radius 1 is 1.42 bits per heavy atom. The number of aryl methyl sites for hydroxylation is 1. The van der Waals surface area contributed by atoms with Gasteiger partial charge in [-0.05, 0) is 26.3 Å². The summed E-state index contributed by atoms with van der Waals surface area (Å²) in [4.78, 5) is 2.13. The number of hydrogen-bond donors (Lipinski definition) is 2. The van der Waals surface area contributed by atoms with Gasteiger partial charge >= 0.3 is 0 Å². The van der Waals surface area contributed by atoms with Gasteiger partial charge in [0.15, 0.2) is 5.82 Å². The molecule has 2 atom stereocenters. The van der Waals surface area contributed by atoms with Crippen LogP contribution in [0.1, 0.15) is 23.7 Å². The average Bonchev–Trinajstić information content (AvgIpc) is 2.42. The SMILES string of the molecule is Cc1nnc(N2CC(CO)OCC2C)c(CN)c1C. The lowest BCUT2D eigenvalue weighted by atomic mass is 10.1. The van der Waals surface area contributed by atoms with Gasteiger partial charge in [-0.3, -0.25) is 0 Å². The van der Waals surface area contributed by atoms with Crippen molar-refractivity contribution in [3.8, 4) is 0 Å². The first-order valence-corrected chi connectivity index (χ1v) is 6.60. The smallest absolute Gasteiger partial charge is 0.156 e. The van der Waals surface area contributed by atoms with Gasteiger partial charge in [-0.15, -0.1) is 5.10 Å². The van der Waals surface area contributed by atoms with Gasteiger partial charge in [-0.2, -0.15) is 5.10 Å². The summed E-state index contributed by atoms with van der Waals surface area (Å²) in [6.07, 6.45) is -0.176. The molecule has 0 saturated carbocycles. The van der Waals surface area contributed by atoms with E-state index in [0.29, 0.717) is 19.7 Å². The Kier molecular flexibility index (Phi) is 4.34. The van der Waals surface area contributed by atoms with Crippen molar-refractivity contribution in [2.24, 2.45) is 5.73 Å². The number of anilines is 1. The molecule has 0 aromatic carbocycles. The summed E-state index contributed by atoms with van der Waals surface area (Å²) in [5.74, 6) is 0.819. The molecule has 106 valence electrons. The van der Waals surface area contributed by atoms with E-state index < -0.39 is 0 Å². The molecule has 2 unspecified atom stereocenters. The fraction of sp³-hybridized carbons (Fsp3) is 0.692. The van der Waals surface area contributed by atoms with Crippen molar-refractivity contribution in [3.05, 3.63) is 16.8 Å². The summed E-state index contributed by atoms with van der Waals surface area (Å²) in [5, 5.41) is 17.8. The number of hydrogen-bond acceptors (Lipinski definition) is 6. The minimum Gasteiger partial charge on any atom is -0.394 e. The zero-order chi connectivity index (χ0) is 14.0. The topological polar surface area (TPSA) is 84.5 Å². The molecule has 2 heterocycles. The molecular weight excluding hydrogens is 244 g/mol. The predicted octanol–water partition coefficient (Wildman–Crippen LogP) is 0.138. The zero-order valence-corrected chi connectivity index (χ0v) is 11.8. The number of ether oxygens (including phenoxy) is 1. The number of rotatable bonds is 3. The van der Waals surface area contributed by atoms with E-state index in [2.05, 4.69) is 22.0 Å². The molecule has 0 radical (unpaired) electrons. The van der Waals surface area contributed by atoms with E-state index >= 15 is 0 Å². The molecule has 1 aliphatic heterocycles. The molecule has 2 rings (SSSR count). The van der Waals surface area contributed by atoms with Gasteiger partial charge in [0.1, 0.15) is 0 Å². The fourth-order valence-corrected chi connectivity index (χ4v) is 2.34. The van der Waals surface area contributed by atoms with Crippen LogP contribution in [-0.4, -0.2) is 47.2 Å². The summed E-state index contributed by atoms with van der Waals surface area (Å²) in [6.45, 7) is 7.66. The Labute approximate surface area is 113 Å². The molecule has 0 bridgehead atoms. The predicted molar refractivity (Wildman–Crippen MR) is 73.0 cm³/mol. The second-order valence-electron chi connectivity index (χ2n) is 5.06. The van der Waals surface area contributed by atoms with Crippen LogP contribution in [0.5, 0.6) is 0 Å². The number of nitrogens with zero attached hydrogens (tertiary/aromatic N) is 3. The summed E-state index contributed by atoms with van der Waals surface area (Å²) in [6, 6.07) is 0.199. The van der Waals surface area contributed by atoms with Gasteiger partial charge in [-0.1, -0.05) is 0 Å². The van der Waals surface area contributed by atoms with Crippen LogP contribution in [0.4, 0.5) is 5.82 Å². The van der Waals surface area contributed by atoms with Crippen LogP contribution in [-0.2, 0) is 11.3 Å². The molecule has 19 heavy (non-hydrogen) atoms. The van der Waals surface area contributed by atoms with E-state index in [4.69, 9.17) is 10.5 Å². The highest BCUT2D eigenvalue weighted by atomic mass is 16.5. The Bertz CT molecular complexity index is 453. The lowest BCUT2D eigenvalue weighted by molar-refractivity contribution is -0.0106. The first-order valence-electron chi connectivity index (χ1n) is 6.60. The van der Waals surface area contributed by atoms with Gasteiger partial charge in [0.2, 0.25) is 0 Å². The second-order valence-corrected chi connectivity index (χ2v) is 5.06.